The average Bonchev–Trinajstić information content (AvgIpc) is 3.24. The molecule has 1 atom stereocenters. The van der Waals surface area contributed by atoms with Gasteiger partial charge in [0.25, 0.3) is 5.91 Å². The number of likely N-dealkylation sites (tertiary alicyclic amines) is 1. The molecule has 0 radical (unpaired) electrons. The molecule has 1 unspecified atom stereocenters. The van der Waals surface area contributed by atoms with Crippen LogP contribution >= 0.6 is 0 Å². The van der Waals surface area contributed by atoms with Crippen LogP contribution in [-0.4, -0.2) is 58.5 Å². The molecule has 0 spiro atoms. The molecule has 2 saturated heterocycles. The zero-order valence-electron chi connectivity index (χ0n) is 16.4. The van der Waals surface area contributed by atoms with Crippen LogP contribution in [0.25, 0.3) is 11.0 Å². The summed E-state index contributed by atoms with van der Waals surface area (Å²) in [7, 11) is 0. The molecule has 2 aromatic rings. The fourth-order valence-corrected chi connectivity index (χ4v) is 3.85. The largest absolute Gasteiger partial charge is 0.368 e. The molecule has 2 fully saturated rings. The third-order valence-corrected chi connectivity index (χ3v) is 5.67. The summed E-state index contributed by atoms with van der Waals surface area (Å²) in [5.74, 6) is -0.00752. The highest BCUT2D eigenvalue weighted by Crippen LogP contribution is 2.19. The van der Waals surface area contributed by atoms with E-state index in [2.05, 4.69) is 15.3 Å². The van der Waals surface area contributed by atoms with Crippen LogP contribution < -0.4 is 5.32 Å². The van der Waals surface area contributed by atoms with Gasteiger partial charge in [0.05, 0.1) is 22.4 Å². The van der Waals surface area contributed by atoms with Crippen molar-refractivity contribution in [3.05, 3.63) is 35.2 Å². The minimum Gasteiger partial charge on any atom is -0.368 e. The Bertz CT molecular complexity index is 900. The molecule has 0 aliphatic carbocycles. The van der Waals surface area contributed by atoms with E-state index < -0.39 is 0 Å². The van der Waals surface area contributed by atoms with E-state index in [1.165, 1.54) is 0 Å². The minimum absolute atomic E-state index is 0.00540. The van der Waals surface area contributed by atoms with Gasteiger partial charge in [0.2, 0.25) is 5.91 Å². The molecule has 2 aliphatic rings. The van der Waals surface area contributed by atoms with Crippen molar-refractivity contribution in [3.8, 4) is 0 Å². The monoisotopic (exact) mass is 382 g/mol. The summed E-state index contributed by atoms with van der Waals surface area (Å²) in [5.41, 5.74) is 3.95. The lowest BCUT2D eigenvalue weighted by molar-refractivity contribution is -0.131. The van der Waals surface area contributed by atoms with Crippen LogP contribution in [0.2, 0.25) is 0 Å². The highest BCUT2D eigenvalue weighted by Gasteiger charge is 2.29. The first-order chi connectivity index (χ1) is 13.5. The third kappa shape index (κ3) is 3.85. The van der Waals surface area contributed by atoms with Crippen LogP contribution in [0.1, 0.15) is 47.4 Å². The highest BCUT2D eigenvalue weighted by atomic mass is 16.5. The van der Waals surface area contributed by atoms with Gasteiger partial charge in [-0.05, 0) is 57.7 Å². The molecule has 0 saturated carbocycles. The number of carbonyl (C=O) groups is 2. The Morgan fingerprint density at radius 2 is 1.79 bits per heavy atom. The molecule has 7 nitrogen and oxygen atoms in total. The second kappa shape index (κ2) is 7.83. The second-order valence-corrected chi connectivity index (χ2v) is 7.67. The van der Waals surface area contributed by atoms with Gasteiger partial charge in [-0.25, -0.2) is 9.97 Å². The van der Waals surface area contributed by atoms with Gasteiger partial charge in [0.15, 0.2) is 0 Å². The number of hydrogen-bond acceptors (Lipinski definition) is 5. The zero-order valence-corrected chi connectivity index (χ0v) is 16.4. The first-order valence-electron chi connectivity index (χ1n) is 9.97. The summed E-state index contributed by atoms with van der Waals surface area (Å²) in [4.78, 5) is 36.0. The lowest BCUT2D eigenvalue weighted by atomic mass is 10.0. The summed E-state index contributed by atoms with van der Waals surface area (Å²) >= 11 is 0. The molecule has 0 bridgehead atoms. The fraction of sp³-hybridized carbons (Fsp3) is 0.524. The normalized spacial score (nSPS) is 20.5. The van der Waals surface area contributed by atoms with E-state index in [0.717, 1.165) is 48.1 Å². The Labute approximate surface area is 164 Å². The van der Waals surface area contributed by atoms with Crippen LogP contribution in [0.15, 0.2) is 18.2 Å². The minimum atomic E-state index is -0.300. The SMILES string of the molecule is Cc1nc2ccc(C(=O)N3CCC(NC(=O)C4CCCO4)CC3)cc2nc1C. The number of aromatic nitrogens is 2. The van der Waals surface area contributed by atoms with Gasteiger partial charge < -0.3 is 15.0 Å². The summed E-state index contributed by atoms with van der Waals surface area (Å²) in [6.45, 7) is 5.78. The van der Waals surface area contributed by atoms with E-state index in [0.29, 0.717) is 25.3 Å². The van der Waals surface area contributed by atoms with Gasteiger partial charge in [0.1, 0.15) is 6.10 Å². The molecule has 1 aromatic heterocycles. The predicted octanol–water partition coefficient (Wildman–Crippen LogP) is 2.15. The molecule has 2 amide bonds. The number of benzene rings is 1. The maximum atomic E-state index is 12.9. The molecule has 148 valence electrons. The van der Waals surface area contributed by atoms with Crippen molar-refractivity contribution in [2.24, 2.45) is 0 Å². The molecule has 1 N–H and O–H groups in total. The van der Waals surface area contributed by atoms with Crippen molar-refractivity contribution in [2.75, 3.05) is 19.7 Å². The first kappa shape index (κ1) is 18.8. The Morgan fingerprint density at radius 1 is 1.07 bits per heavy atom. The van der Waals surface area contributed by atoms with Crippen LogP contribution in [0, 0.1) is 13.8 Å². The third-order valence-electron chi connectivity index (χ3n) is 5.67. The Balaban J connectivity index is 1.37. The van der Waals surface area contributed by atoms with E-state index in [-0.39, 0.29) is 24.0 Å². The van der Waals surface area contributed by atoms with E-state index >= 15 is 0 Å². The number of carbonyl (C=O) groups excluding carboxylic acids is 2. The number of ether oxygens (including phenoxy) is 1. The predicted molar refractivity (Wildman–Crippen MR) is 105 cm³/mol. The van der Waals surface area contributed by atoms with E-state index in [4.69, 9.17) is 4.74 Å². The summed E-state index contributed by atoms with van der Waals surface area (Å²) in [6.07, 6.45) is 2.96. The van der Waals surface area contributed by atoms with Gasteiger partial charge in [-0.1, -0.05) is 0 Å². The van der Waals surface area contributed by atoms with E-state index in [9.17, 15) is 9.59 Å². The first-order valence-corrected chi connectivity index (χ1v) is 9.97. The molecule has 4 rings (SSSR count). The standard InChI is InChI=1S/C21H26N4O3/c1-13-14(2)23-18-12-15(5-6-17(18)22-13)21(27)25-9-7-16(8-10-25)24-20(26)19-4-3-11-28-19/h5-6,12,16,19H,3-4,7-11H2,1-2H3,(H,24,26). The number of nitrogens with zero attached hydrogens (tertiary/aromatic N) is 3. The fourth-order valence-electron chi connectivity index (χ4n) is 3.85. The van der Waals surface area contributed by atoms with Crippen molar-refractivity contribution < 1.29 is 14.3 Å². The molecule has 3 heterocycles. The maximum Gasteiger partial charge on any atom is 0.253 e. The molecular weight excluding hydrogens is 356 g/mol. The van der Waals surface area contributed by atoms with Gasteiger partial charge >= 0.3 is 0 Å². The van der Waals surface area contributed by atoms with E-state index in [1.807, 2.05) is 36.9 Å². The topological polar surface area (TPSA) is 84.4 Å². The van der Waals surface area contributed by atoms with Crippen molar-refractivity contribution in [1.82, 2.24) is 20.2 Å². The van der Waals surface area contributed by atoms with Crippen LogP contribution in [0.3, 0.4) is 0 Å². The Hall–Kier alpha value is -2.54. The molecule has 1 aromatic carbocycles. The Kier molecular flexibility index (Phi) is 5.26. The quantitative estimate of drug-likeness (QED) is 0.879. The van der Waals surface area contributed by atoms with Crippen LogP contribution in [0.4, 0.5) is 0 Å². The summed E-state index contributed by atoms with van der Waals surface area (Å²) in [6, 6.07) is 5.60. The van der Waals surface area contributed by atoms with Gasteiger partial charge in [-0.2, -0.15) is 0 Å². The van der Waals surface area contributed by atoms with Crippen molar-refractivity contribution >= 4 is 22.8 Å². The van der Waals surface area contributed by atoms with Gasteiger partial charge in [-0.15, -0.1) is 0 Å². The molecule has 2 aliphatic heterocycles. The van der Waals surface area contributed by atoms with Crippen LogP contribution in [0.5, 0.6) is 0 Å². The number of aryl methyl sites for hydroxylation is 2. The summed E-state index contributed by atoms with van der Waals surface area (Å²) in [5, 5.41) is 3.08. The smallest absolute Gasteiger partial charge is 0.253 e. The zero-order chi connectivity index (χ0) is 19.7. The van der Waals surface area contributed by atoms with Gasteiger partial charge in [0, 0.05) is 31.3 Å². The number of fused-ring (bicyclic) bond motifs is 1. The number of nitrogens with one attached hydrogen (secondary N) is 1. The van der Waals surface area contributed by atoms with Crippen molar-refractivity contribution in [2.45, 2.75) is 51.7 Å². The molecule has 28 heavy (non-hydrogen) atoms. The lowest BCUT2D eigenvalue weighted by Gasteiger charge is -2.33. The number of rotatable bonds is 3. The molecule has 7 heteroatoms. The average molecular weight is 382 g/mol. The number of amides is 2. The molecular formula is C21H26N4O3. The maximum absolute atomic E-state index is 12.9. The summed E-state index contributed by atoms with van der Waals surface area (Å²) < 4.78 is 5.44. The van der Waals surface area contributed by atoms with E-state index in [1.54, 1.807) is 0 Å². The van der Waals surface area contributed by atoms with Crippen LogP contribution in [-0.2, 0) is 9.53 Å². The van der Waals surface area contributed by atoms with Gasteiger partial charge in [-0.3, -0.25) is 9.59 Å². The lowest BCUT2D eigenvalue weighted by Crippen LogP contribution is -2.48. The Morgan fingerprint density at radius 3 is 2.46 bits per heavy atom. The second-order valence-electron chi connectivity index (χ2n) is 7.67. The van der Waals surface area contributed by atoms with Crippen molar-refractivity contribution in [3.63, 3.8) is 0 Å². The van der Waals surface area contributed by atoms with Crippen molar-refractivity contribution in [1.29, 1.82) is 0 Å². The number of piperidine rings is 1. The number of hydrogen-bond donors (Lipinski definition) is 1. The highest BCUT2D eigenvalue weighted by molar-refractivity contribution is 5.97.